The molecular weight excluding hydrogens is 360 g/mol. The zero-order chi connectivity index (χ0) is 20.3. The van der Waals surface area contributed by atoms with Gasteiger partial charge in [-0.25, -0.2) is 4.79 Å². The van der Waals surface area contributed by atoms with Gasteiger partial charge in [0.15, 0.2) is 0 Å². The molecule has 2 saturated heterocycles. The summed E-state index contributed by atoms with van der Waals surface area (Å²) in [7, 11) is 4.99. The third kappa shape index (κ3) is 4.21. The molecule has 1 aromatic carbocycles. The van der Waals surface area contributed by atoms with Crippen molar-refractivity contribution in [2.45, 2.75) is 25.7 Å². The first-order chi connectivity index (χ1) is 13.4. The van der Waals surface area contributed by atoms with Crippen LogP contribution in [0.5, 0.6) is 5.75 Å². The van der Waals surface area contributed by atoms with Crippen LogP contribution in [0.25, 0.3) is 0 Å². The molecule has 4 amide bonds. The van der Waals surface area contributed by atoms with Crippen LogP contribution in [0.2, 0.25) is 0 Å². The van der Waals surface area contributed by atoms with Crippen molar-refractivity contribution in [1.82, 2.24) is 9.80 Å². The summed E-state index contributed by atoms with van der Waals surface area (Å²) >= 11 is 0. The molecule has 152 valence electrons. The van der Waals surface area contributed by atoms with E-state index in [4.69, 9.17) is 4.74 Å². The van der Waals surface area contributed by atoms with Crippen molar-refractivity contribution in [2.75, 3.05) is 51.1 Å². The highest BCUT2D eigenvalue weighted by Gasteiger charge is 2.30. The number of hydrogen-bond acceptors (Lipinski definition) is 4. The summed E-state index contributed by atoms with van der Waals surface area (Å²) in [5.41, 5.74) is 1.30. The first-order valence-corrected chi connectivity index (χ1v) is 9.66. The van der Waals surface area contributed by atoms with Crippen molar-refractivity contribution in [3.63, 3.8) is 0 Å². The first-order valence-electron chi connectivity index (χ1n) is 9.66. The zero-order valence-corrected chi connectivity index (χ0v) is 16.7. The number of hydrogen-bond donors (Lipinski definition) is 1. The highest BCUT2D eigenvalue weighted by atomic mass is 16.5. The summed E-state index contributed by atoms with van der Waals surface area (Å²) in [5.74, 6) is 0.303. The van der Waals surface area contributed by atoms with Gasteiger partial charge in [0.1, 0.15) is 5.75 Å². The fraction of sp³-hybridized carbons (Fsp3) is 0.550. The molecule has 0 aliphatic carbocycles. The van der Waals surface area contributed by atoms with Gasteiger partial charge in [-0.15, -0.1) is 0 Å². The lowest BCUT2D eigenvalue weighted by atomic mass is 9.97. The molecule has 0 radical (unpaired) electrons. The number of anilines is 2. The standard InChI is InChI=1S/C20H28N4O4/c1-22(2)20(27)23-10-4-6-14(13-23)19(26)21-15-8-9-17(28-3)16(12-15)24-11-5-7-18(24)25/h8-9,12,14H,4-7,10-11,13H2,1-3H3,(H,21,26). The van der Waals surface area contributed by atoms with Gasteiger partial charge in [0.25, 0.3) is 0 Å². The molecule has 8 heteroatoms. The second-order valence-electron chi connectivity index (χ2n) is 7.49. The number of likely N-dealkylation sites (tertiary alicyclic amines) is 1. The maximum Gasteiger partial charge on any atom is 0.319 e. The predicted octanol–water partition coefficient (Wildman–Crippen LogP) is 2.15. The van der Waals surface area contributed by atoms with Crippen LogP contribution in [-0.2, 0) is 9.59 Å². The summed E-state index contributed by atoms with van der Waals surface area (Å²) in [6, 6.07) is 5.24. The van der Waals surface area contributed by atoms with Gasteiger partial charge in [0.2, 0.25) is 11.8 Å². The molecule has 2 heterocycles. The summed E-state index contributed by atoms with van der Waals surface area (Å²) in [5, 5.41) is 2.95. The lowest BCUT2D eigenvalue weighted by molar-refractivity contribution is -0.121. The zero-order valence-electron chi connectivity index (χ0n) is 16.7. The van der Waals surface area contributed by atoms with E-state index in [2.05, 4.69) is 5.32 Å². The predicted molar refractivity (Wildman–Crippen MR) is 107 cm³/mol. The van der Waals surface area contributed by atoms with Crippen LogP contribution in [0.4, 0.5) is 16.2 Å². The molecule has 0 bridgehead atoms. The highest BCUT2D eigenvalue weighted by Crippen LogP contribution is 2.34. The normalized spacial score (nSPS) is 19.5. The Kier molecular flexibility index (Phi) is 6.06. The average Bonchev–Trinajstić information content (AvgIpc) is 3.13. The molecule has 2 fully saturated rings. The number of rotatable bonds is 4. The topological polar surface area (TPSA) is 82.2 Å². The molecule has 1 atom stereocenters. The molecule has 0 spiro atoms. The Morgan fingerprint density at radius 3 is 2.64 bits per heavy atom. The van der Waals surface area contributed by atoms with Gasteiger partial charge in [-0.3, -0.25) is 9.59 Å². The lowest BCUT2D eigenvalue weighted by Crippen LogP contribution is -2.47. The van der Waals surface area contributed by atoms with Crippen LogP contribution < -0.4 is 15.0 Å². The second kappa shape index (κ2) is 8.50. The van der Waals surface area contributed by atoms with Crippen molar-refractivity contribution in [2.24, 2.45) is 5.92 Å². The number of methoxy groups -OCH3 is 1. The first kappa shape index (κ1) is 20.0. The Bertz CT molecular complexity index is 765. The van der Waals surface area contributed by atoms with E-state index in [0.717, 1.165) is 19.3 Å². The van der Waals surface area contributed by atoms with Gasteiger partial charge in [-0.2, -0.15) is 0 Å². The van der Waals surface area contributed by atoms with Gasteiger partial charge in [-0.05, 0) is 37.5 Å². The Labute approximate surface area is 165 Å². The SMILES string of the molecule is COc1ccc(NC(=O)C2CCCN(C(=O)N(C)C)C2)cc1N1CCCC1=O. The van der Waals surface area contributed by atoms with E-state index < -0.39 is 0 Å². The summed E-state index contributed by atoms with van der Waals surface area (Å²) in [6.07, 6.45) is 2.89. The van der Waals surface area contributed by atoms with Gasteiger partial charge in [-0.1, -0.05) is 0 Å². The minimum atomic E-state index is -0.253. The Morgan fingerprint density at radius 2 is 2.00 bits per heavy atom. The third-order valence-corrected chi connectivity index (χ3v) is 5.26. The largest absolute Gasteiger partial charge is 0.495 e. The van der Waals surface area contributed by atoms with Crippen LogP contribution in [0, 0.1) is 5.92 Å². The molecule has 3 rings (SSSR count). The highest BCUT2D eigenvalue weighted by molar-refractivity contribution is 5.99. The number of carbonyl (C=O) groups is 3. The molecule has 0 saturated carbocycles. The van der Waals surface area contributed by atoms with Crippen molar-refractivity contribution >= 4 is 29.2 Å². The van der Waals surface area contributed by atoms with E-state index >= 15 is 0 Å². The maximum atomic E-state index is 12.8. The van der Waals surface area contributed by atoms with Crippen LogP contribution >= 0.6 is 0 Å². The number of urea groups is 1. The second-order valence-corrected chi connectivity index (χ2v) is 7.49. The molecule has 1 unspecified atom stereocenters. The van der Waals surface area contributed by atoms with Gasteiger partial charge in [0.05, 0.1) is 18.7 Å². The fourth-order valence-electron chi connectivity index (χ4n) is 3.77. The maximum absolute atomic E-state index is 12.8. The number of benzene rings is 1. The number of carbonyl (C=O) groups excluding carboxylic acids is 3. The third-order valence-electron chi connectivity index (χ3n) is 5.26. The number of nitrogens with one attached hydrogen (secondary N) is 1. The van der Waals surface area contributed by atoms with E-state index in [1.165, 1.54) is 4.90 Å². The van der Waals surface area contributed by atoms with E-state index in [9.17, 15) is 14.4 Å². The quantitative estimate of drug-likeness (QED) is 0.857. The number of ether oxygens (including phenoxy) is 1. The van der Waals surface area contributed by atoms with Crippen molar-refractivity contribution in [3.8, 4) is 5.75 Å². The minimum Gasteiger partial charge on any atom is -0.495 e. The average molecular weight is 388 g/mol. The lowest BCUT2D eigenvalue weighted by Gasteiger charge is -2.33. The smallest absolute Gasteiger partial charge is 0.319 e. The summed E-state index contributed by atoms with van der Waals surface area (Å²) in [6.45, 7) is 1.73. The minimum absolute atomic E-state index is 0.0619. The summed E-state index contributed by atoms with van der Waals surface area (Å²) < 4.78 is 5.39. The van der Waals surface area contributed by atoms with Gasteiger partial charge >= 0.3 is 6.03 Å². The Balaban J connectivity index is 1.71. The molecule has 1 aromatic rings. The van der Waals surface area contributed by atoms with Crippen LogP contribution in [0.3, 0.4) is 0 Å². The van der Waals surface area contributed by atoms with Crippen LogP contribution in [0.15, 0.2) is 18.2 Å². The Hall–Kier alpha value is -2.77. The molecule has 1 N–H and O–H groups in total. The molecule has 2 aliphatic rings. The number of nitrogens with zero attached hydrogens (tertiary/aromatic N) is 3. The molecule has 28 heavy (non-hydrogen) atoms. The summed E-state index contributed by atoms with van der Waals surface area (Å²) in [4.78, 5) is 42.0. The van der Waals surface area contributed by atoms with E-state index in [0.29, 0.717) is 43.2 Å². The molecule has 0 aromatic heterocycles. The van der Waals surface area contributed by atoms with Crippen molar-refractivity contribution in [3.05, 3.63) is 18.2 Å². The van der Waals surface area contributed by atoms with Crippen molar-refractivity contribution in [1.29, 1.82) is 0 Å². The van der Waals surface area contributed by atoms with Gasteiger partial charge < -0.3 is 24.8 Å². The molecular formula is C20H28N4O4. The fourth-order valence-corrected chi connectivity index (χ4v) is 3.77. The molecule has 8 nitrogen and oxygen atoms in total. The molecule has 2 aliphatic heterocycles. The monoisotopic (exact) mass is 388 g/mol. The number of piperidine rings is 1. The Morgan fingerprint density at radius 1 is 1.21 bits per heavy atom. The van der Waals surface area contributed by atoms with E-state index in [-0.39, 0.29) is 23.8 Å². The van der Waals surface area contributed by atoms with E-state index in [1.807, 2.05) is 0 Å². The number of amides is 4. The van der Waals surface area contributed by atoms with Crippen LogP contribution in [0.1, 0.15) is 25.7 Å². The van der Waals surface area contributed by atoms with Crippen LogP contribution in [-0.4, -0.2) is 68.5 Å². The van der Waals surface area contributed by atoms with Crippen molar-refractivity contribution < 1.29 is 19.1 Å². The van der Waals surface area contributed by atoms with Gasteiger partial charge in [0, 0.05) is 45.8 Å². The van der Waals surface area contributed by atoms with E-state index in [1.54, 1.807) is 49.2 Å².